The van der Waals surface area contributed by atoms with E-state index in [2.05, 4.69) is 19.9 Å². The van der Waals surface area contributed by atoms with Crippen molar-refractivity contribution < 1.29 is 9.53 Å². The van der Waals surface area contributed by atoms with Gasteiger partial charge >= 0.3 is 5.97 Å². The van der Waals surface area contributed by atoms with Crippen molar-refractivity contribution in [2.75, 3.05) is 0 Å². The van der Waals surface area contributed by atoms with E-state index in [1.807, 2.05) is 6.92 Å². The summed E-state index contributed by atoms with van der Waals surface area (Å²) in [7, 11) is 0. The zero-order valence-corrected chi connectivity index (χ0v) is 10.5. The smallest absolute Gasteiger partial charge is 0.305 e. The lowest BCUT2D eigenvalue weighted by molar-refractivity contribution is -0.154. The van der Waals surface area contributed by atoms with Crippen molar-refractivity contribution in [3.63, 3.8) is 0 Å². The Labute approximate surface area is 98.1 Å². The van der Waals surface area contributed by atoms with Gasteiger partial charge in [-0.25, -0.2) is 0 Å². The van der Waals surface area contributed by atoms with Crippen LogP contribution in [0.5, 0.6) is 0 Å². The van der Waals surface area contributed by atoms with Gasteiger partial charge in [0.05, 0.1) is 0 Å². The Bertz CT molecular complexity index is 306. The van der Waals surface area contributed by atoms with Crippen LogP contribution in [0.25, 0.3) is 0 Å². The SMILES string of the molecule is CCC(=O)OC1CC(C)C2CC=C(C)C1C2. The molecule has 2 aliphatic rings. The third-order valence-corrected chi connectivity index (χ3v) is 4.31. The molecule has 4 unspecified atom stereocenters. The number of carbonyl (C=O) groups is 1. The van der Waals surface area contributed by atoms with Crippen molar-refractivity contribution in [3.8, 4) is 0 Å². The average Bonchev–Trinajstić information content (AvgIpc) is 2.27. The number of allylic oxidation sites excluding steroid dienone is 1. The fraction of sp³-hybridized carbons (Fsp3) is 0.786. The van der Waals surface area contributed by atoms with Gasteiger partial charge in [-0.1, -0.05) is 25.5 Å². The molecule has 2 bridgehead atoms. The van der Waals surface area contributed by atoms with Crippen LogP contribution in [-0.2, 0) is 9.53 Å². The first-order valence-electron chi connectivity index (χ1n) is 6.48. The fourth-order valence-corrected chi connectivity index (χ4v) is 3.11. The molecule has 0 heterocycles. The minimum Gasteiger partial charge on any atom is -0.462 e. The number of carbonyl (C=O) groups excluding carboxylic acids is 1. The van der Waals surface area contributed by atoms with E-state index in [-0.39, 0.29) is 12.1 Å². The van der Waals surface area contributed by atoms with Crippen molar-refractivity contribution in [1.29, 1.82) is 0 Å². The number of ether oxygens (including phenoxy) is 1. The molecule has 0 aromatic heterocycles. The number of hydrogen-bond acceptors (Lipinski definition) is 2. The summed E-state index contributed by atoms with van der Waals surface area (Å²) >= 11 is 0. The molecule has 0 spiro atoms. The molecule has 0 N–H and O–H groups in total. The summed E-state index contributed by atoms with van der Waals surface area (Å²) < 4.78 is 5.59. The summed E-state index contributed by atoms with van der Waals surface area (Å²) in [6.45, 7) is 6.34. The Balaban J connectivity index is 2.10. The number of rotatable bonds is 2. The van der Waals surface area contributed by atoms with Crippen LogP contribution in [0.3, 0.4) is 0 Å². The maximum absolute atomic E-state index is 11.4. The topological polar surface area (TPSA) is 26.3 Å². The largest absolute Gasteiger partial charge is 0.462 e. The van der Waals surface area contributed by atoms with Crippen molar-refractivity contribution >= 4 is 5.97 Å². The second-order valence-corrected chi connectivity index (χ2v) is 5.38. The Morgan fingerprint density at radius 1 is 1.50 bits per heavy atom. The van der Waals surface area contributed by atoms with Crippen molar-refractivity contribution in [3.05, 3.63) is 11.6 Å². The van der Waals surface area contributed by atoms with E-state index < -0.39 is 0 Å². The highest BCUT2D eigenvalue weighted by Crippen LogP contribution is 2.44. The Morgan fingerprint density at radius 3 is 2.94 bits per heavy atom. The molecule has 90 valence electrons. The summed E-state index contributed by atoms with van der Waals surface area (Å²) in [6, 6.07) is 0. The molecule has 0 aromatic rings. The van der Waals surface area contributed by atoms with Gasteiger partial charge in [0.15, 0.2) is 0 Å². The van der Waals surface area contributed by atoms with E-state index in [4.69, 9.17) is 4.74 Å². The second kappa shape index (κ2) is 4.60. The molecule has 0 aliphatic heterocycles. The van der Waals surface area contributed by atoms with E-state index in [0.717, 1.165) is 12.3 Å². The first kappa shape index (κ1) is 11.7. The lowest BCUT2D eigenvalue weighted by atomic mass is 9.66. The molecule has 1 fully saturated rings. The van der Waals surface area contributed by atoms with Crippen molar-refractivity contribution in [2.24, 2.45) is 17.8 Å². The van der Waals surface area contributed by atoms with Gasteiger partial charge in [0.1, 0.15) is 6.10 Å². The summed E-state index contributed by atoms with van der Waals surface area (Å²) in [5.41, 5.74) is 1.43. The lowest BCUT2D eigenvalue weighted by Gasteiger charge is -2.42. The molecule has 2 rings (SSSR count). The molecular weight excluding hydrogens is 200 g/mol. The predicted octanol–water partition coefficient (Wildman–Crippen LogP) is 3.32. The minimum absolute atomic E-state index is 0.0472. The van der Waals surface area contributed by atoms with Crippen molar-refractivity contribution in [1.82, 2.24) is 0 Å². The standard InChI is InChI=1S/C14H22O2/c1-4-14(15)16-13-7-10(3)11-6-5-9(2)12(13)8-11/h5,10-13H,4,6-8H2,1-3H3. The average molecular weight is 222 g/mol. The van der Waals surface area contributed by atoms with Crippen LogP contribution in [0.2, 0.25) is 0 Å². The zero-order chi connectivity index (χ0) is 11.7. The maximum Gasteiger partial charge on any atom is 0.305 e. The summed E-state index contributed by atoms with van der Waals surface area (Å²) in [4.78, 5) is 11.4. The van der Waals surface area contributed by atoms with Crippen LogP contribution >= 0.6 is 0 Å². The molecule has 2 aliphatic carbocycles. The first-order valence-corrected chi connectivity index (χ1v) is 6.48. The highest BCUT2D eigenvalue weighted by atomic mass is 16.5. The molecular formula is C14H22O2. The molecule has 2 nitrogen and oxygen atoms in total. The molecule has 0 amide bonds. The van der Waals surface area contributed by atoms with Gasteiger partial charge in [0, 0.05) is 12.3 Å². The Hall–Kier alpha value is -0.790. The Kier molecular flexibility index (Phi) is 3.36. The quantitative estimate of drug-likeness (QED) is 0.529. The summed E-state index contributed by atoms with van der Waals surface area (Å²) in [6.07, 6.45) is 6.45. The second-order valence-electron chi connectivity index (χ2n) is 5.38. The number of fused-ring (bicyclic) bond motifs is 2. The van der Waals surface area contributed by atoms with Gasteiger partial charge < -0.3 is 4.74 Å². The van der Waals surface area contributed by atoms with Crippen molar-refractivity contribution in [2.45, 2.75) is 52.6 Å². The van der Waals surface area contributed by atoms with Crippen LogP contribution in [0.15, 0.2) is 11.6 Å². The monoisotopic (exact) mass is 222 g/mol. The van der Waals surface area contributed by atoms with E-state index >= 15 is 0 Å². The highest BCUT2D eigenvalue weighted by molar-refractivity contribution is 5.69. The normalized spacial score (nSPS) is 37.8. The first-order chi connectivity index (χ1) is 7.61. The minimum atomic E-state index is -0.0472. The van der Waals surface area contributed by atoms with Gasteiger partial charge in [-0.15, -0.1) is 0 Å². The summed E-state index contributed by atoms with van der Waals surface area (Å²) in [5.74, 6) is 1.94. The van der Waals surface area contributed by atoms with Gasteiger partial charge in [-0.05, 0) is 38.0 Å². The number of esters is 1. The van der Waals surface area contributed by atoms with E-state index in [9.17, 15) is 4.79 Å². The third-order valence-electron chi connectivity index (χ3n) is 4.31. The molecule has 2 heteroatoms. The van der Waals surface area contributed by atoms with Crippen LogP contribution in [0.4, 0.5) is 0 Å². The maximum atomic E-state index is 11.4. The van der Waals surface area contributed by atoms with Gasteiger partial charge in [-0.2, -0.15) is 0 Å². The van der Waals surface area contributed by atoms with Gasteiger partial charge in [0.2, 0.25) is 0 Å². The lowest BCUT2D eigenvalue weighted by Crippen LogP contribution is -2.39. The zero-order valence-electron chi connectivity index (χ0n) is 10.5. The van der Waals surface area contributed by atoms with E-state index in [1.165, 1.54) is 18.4 Å². The molecule has 0 aromatic carbocycles. The van der Waals surface area contributed by atoms with Crippen LogP contribution in [0, 0.1) is 17.8 Å². The fourth-order valence-electron chi connectivity index (χ4n) is 3.11. The van der Waals surface area contributed by atoms with Crippen LogP contribution in [-0.4, -0.2) is 12.1 Å². The summed E-state index contributed by atoms with van der Waals surface area (Å²) in [5, 5.41) is 0. The van der Waals surface area contributed by atoms with Crippen LogP contribution < -0.4 is 0 Å². The van der Waals surface area contributed by atoms with Gasteiger partial charge in [0.25, 0.3) is 0 Å². The molecule has 0 saturated heterocycles. The van der Waals surface area contributed by atoms with Gasteiger partial charge in [-0.3, -0.25) is 4.79 Å². The molecule has 0 radical (unpaired) electrons. The highest BCUT2D eigenvalue weighted by Gasteiger charge is 2.39. The predicted molar refractivity (Wildman–Crippen MR) is 63.9 cm³/mol. The Morgan fingerprint density at radius 2 is 2.25 bits per heavy atom. The third kappa shape index (κ3) is 2.16. The van der Waals surface area contributed by atoms with E-state index in [0.29, 0.717) is 18.3 Å². The van der Waals surface area contributed by atoms with E-state index in [1.54, 1.807) is 0 Å². The molecule has 16 heavy (non-hydrogen) atoms. The molecule has 1 saturated carbocycles. The van der Waals surface area contributed by atoms with Crippen LogP contribution in [0.1, 0.15) is 46.5 Å². The molecule has 4 atom stereocenters. The number of hydrogen-bond donors (Lipinski definition) is 0.